The van der Waals surface area contributed by atoms with Crippen LogP contribution in [0.1, 0.15) is 30.9 Å². The van der Waals surface area contributed by atoms with E-state index in [0.29, 0.717) is 0 Å². The predicted octanol–water partition coefficient (Wildman–Crippen LogP) is 2.78. The highest BCUT2D eigenvalue weighted by molar-refractivity contribution is 6.04. The maximum absolute atomic E-state index is 11.5. The average molecular weight is 172 g/mol. The SMILES string of the molecule is CC1=CC(=O)C(C)c2ccccc21. The predicted molar refractivity (Wildman–Crippen MR) is 53.5 cm³/mol. The molecule has 1 aliphatic carbocycles. The van der Waals surface area contributed by atoms with E-state index in [1.165, 1.54) is 5.56 Å². The van der Waals surface area contributed by atoms with Crippen molar-refractivity contribution in [2.45, 2.75) is 19.8 Å². The van der Waals surface area contributed by atoms with Crippen LogP contribution in [0.2, 0.25) is 0 Å². The van der Waals surface area contributed by atoms with Crippen LogP contribution in [0.5, 0.6) is 0 Å². The van der Waals surface area contributed by atoms with E-state index in [0.717, 1.165) is 11.1 Å². The Morgan fingerprint density at radius 1 is 1.23 bits per heavy atom. The maximum Gasteiger partial charge on any atom is 0.163 e. The Morgan fingerprint density at radius 3 is 2.69 bits per heavy atom. The van der Waals surface area contributed by atoms with Gasteiger partial charge < -0.3 is 0 Å². The van der Waals surface area contributed by atoms with E-state index in [2.05, 4.69) is 6.07 Å². The van der Waals surface area contributed by atoms with E-state index in [9.17, 15) is 4.79 Å². The number of benzene rings is 1. The van der Waals surface area contributed by atoms with E-state index in [4.69, 9.17) is 0 Å². The zero-order valence-electron chi connectivity index (χ0n) is 7.87. The Hall–Kier alpha value is -1.37. The molecule has 0 radical (unpaired) electrons. The second-order valence-electron chi connectivity index (χ2n) is 3.54. The van der Waals surface area contributed by atoms with Crippen molar-refractivity contribution in [2.24, 2.45) is 0 Å². The van der Waals surface area contributed by atoms with Crippen molar-refractivity contribution in [3.8, 4) is 0 Å². The number of fused-ring (bicyclic) bond motifs is 1. The topological polar surface area (TPSA) is 17.1 Å². The first-order valence-corrected chi connectivity index (χ1v) is 4.51. The first kappa shape index (κ1) is 8.24. The first-order chi connectivity index (χ1) is 6.20. The van der Waals surface area contributed by atoms with Gasteiger partial charge in [0.25, 0.3) is 0 Å². The zero-order chi connectivity index (χ0) is 9.42. The zero-order valence-corrected chi connectivity index (χ0v) is 7.87. The number of ketones is 1. The van der Waals surface area contributed by atoms with Gasteiger partial charge in [0.05, 0.1) is 0 Å². The minimum Gasteiger partial charge on any atom is -0.294 e. The number of carbonyl (C=O) groups is 1. The van der Waals surface area contributed by atoms with Gasteiger partial charge in [0, 0.05) is 5.92 Å². The molecule has 1 heteroatoms. The van der Waals surface area contributed by atoms with Gasteiger partial charge in [-0.1, -0.05) is 31.2 Å². The second kappa shape index (κ2) is 2.84. The third-order valence-corrected chi connectivity index (χ3v) is 2.64. The lowest BCUT2D eigenvalue weighted by molar-refractivity contribution is -0.115. The minimum absolute atomic E-state index is 0.0277. The molecular weight excluding hydrogens is 160 g/mol. The van der Waals surface area contributed by atoms with Gasteiger partial charge in [-0.25, -0.2) is 0 Å². The van der Waals surface area contributed by atoms with Gasteiger partial charge in [-0.2, -0.15) is 0 Å². The Bertz CT molecular complexity index is 388. The summed E-state index contributed by atoms with van der Waals surface area (Å²) in [4.78, 5) is 11.5. The summed E-state index contributed by atoms with van der Waals surface area (Å²) in [5.74, 6) is 0.246. The van der Waals surface area contributed by atoms with Gasteiger partial charge in [-0.3, -0.25) is 4.79 Å². The van der Waals surface area contributed by atoms with Gasteiger partial charge in [0.15, 0.2) is 5.78 Å². The molecule has 1 aromatic rings. The average Bonchev–Trinajstić information content (AvgIpc) is 2.15. The summed E-state index contributed by atoms with van der Waals surface area (Å²) in [7, 11) is 0. The van der Waals surface area contributed by atoms with E-state index >= 15 is 0 Å². The molecule has 0 heterocycles. The lowest BCUT2D eigenvalue weighted by atomic mass is 9.84. The lowest BCUT2D eigenvalue weighted by Crippen LogP contribution is -2.13. The summed E-state index contributed by atoms with van der Waals surface area (Å²) in [5.41, 5.74) is 3.46. The minimum atomic E-state index is 0.0277. The third-order valence-electron chi connectivity index (χ3n) is 2.64. The molecule has 0 bridgehead atoms. The summed E-state index contributed by atoms with van der Waals surface area (Å²) in [6, 6.07) is 8.11. The molecule has 0 amide bonds. The van der Waals surface area contributed by atoms with Gasteiger partial charge in [0.1, 0.15) is 0 Å². The lowest BCUT2D eigenvalue weighted by Gasteiger charge is -2.19. The van der Waals surface area contributed by atoms with E-state index in [1.807, 2.05) is 32.0 Å². The summed E-state index contributed by atoms with van der Waals surface area (Å²) < 4.78 is 0. The van der Waals surface area contributed by atoms with Crippen LogP contribution in [-0.4, -0.2) is 5.78 Å². The number of rotatable bonds is 0. The molecule has 0 saturated heterocycles. The number of allylic oxidation sites excluding steroid dienone is 2. The summed E-state index contributed by atoms with van der Waals surface area (Å²) in [6.07, 6.45) is 1.74. The highest BCUT2D eigenvalue weighted by atomic mass is 16.1. The fourth-order valence-corrected chi connectivity index (χ4v) is 1.80. The van der Waals surface area contributed by atoms with Crippen LogP contribution < -0.4 is 0 Å². The van der Waals surface area contributed by atoms with Gasteiger partial charge in [-0.05, 0) is 29.7 Å². The standard InChI is InChI=1S/C12H12O/c1-8-7-12(13)9(2)11-6-4-3-5-10(8)11/h3-7,9H,1-2H3. The fourth-order valence-electron chi connectivity index (χ4n) is 1.80. The van der Waals surface area contributed by atoms with E-state index in [-0.39, 0.29) is 11.7 Å². The van der Waals surface area contributed by atoms with Gasteiger partial charge in [0.2, 0.25) is 0 Å². The van der Waals surface area contributed by atoms with Crippen molar-refractivity contribution in [2.75, 3.05) is 0 Å². The third kappa shape index (κ3) is 1.21. The second-order valence-corrected chi connectivity index (χ2v) is 3.54. The van der Waals surface area contributed by atoms with Crippen molar-refractivity contribution >= 4 is 11.4 Å². The Balaban J connectivity index is 2.65. The van der Waals surface area contributed by atoms with Crippen LogP contribution in [0, 0.1) is 0 Å². The molecule has 1 aromatic carbocycles. The summed E-state index contributed by atoms with van der Waals surface area (Å²) in [6.45, 7) is 3.95. The Morgan fingerprint density at radius 2 is 1.92 bits per heavy atom. The van der Waals surface area contributed by atoms with Crippen molar-refractivity contribution in [1.29, 1.82) is 0 Å². The van der Waals surface area contributed by atoms with Crippen molar-refractivity contribution < 1.29 is 4.79 Å². The monoisotopic (exact) mass is 172 g/mol. The van der Waals surface area contributed by atoms with E-state index < -0.39 is 0 Å². The molecule has 1 atom stereocenters. The quantitative estimate of drug-likeness (QED) is 0.588. The van der Waals surface area contributed by atoms with Gasteiger partial charge >= 0.3 is 0 Å². The van der Waals surface area contributed by atoms with Crippen LogP contribution in [0.25, 0.3) is 5.57 Å². The molecule has 0 aliphatic heterocycles. The summed E-state index contributed by atoms with van der Waals surface area (Å²) in [5, 5.41) is 0. The van der Waals surface area contributed by atoms with Crippen LogP contribution in [0.15, 0.2) is 30.3 Å². The molecule has 2 rings (SSSR count). The fraction of sp³-hybridized carbons (Fsp3) is 0.250. The first-order valence-electron chi connectivity index (χ1n) is 4.51. The van der Waals surface area contributed by atoms with Crippen LogP contribution in [0.3, 0.4) is 0 Å². The molecule has 66 valence electrons. The Kier molecular flexibility index (Phi) is 1.80. The molecule has 0 N–H and O–H groups in total. The molecule has 0 spiro atoms. The molecule has 1 aliphatic rings. The molecule has 0 saturated carbocycles. The largest absolute Gasteiger partial charge is 0.294 e. The molecule has 13 heavy (non-hydrogen) atoms. The Labute approximate surface area is 78.1 Å². The molecule has 1 nitrogen and oxygen atoms in total. The smallest absolute Gasteiger partial charge is 0.163 e. The number of hydrogen-bond donors (Lipinski definition) is 0. The molecule has 0 aromatic heterocycles. The van der Waals surface area contributed by atoms with Crippen LogP contribution in [0.4, 0.5) is 0 Å². The number of hydrogen-bond acceptors (Lipinski definition) is 1. The van der Waals surface area contributed by atoms with E-state index in [1.54, 1.807) is 6.08 Å². The molecule has 1 unspecified atom stereocenters. The number of carbonyl (C=O) groups excluding carboxylic acids is 1. The van der Waals surface area contributed by atoms with Crippen molar-refractivity contribution in [3.63, 3.8) is 0 Å². The maximum atomic E-state index is 11.5. The molecular formula is C12H12O. The molecule has 0 fully saturated rings. The highest BCUT2D eigenvalue weighted by Crippen LogP contribution is 2.31. The van der Waals surface area contributed by atoms with Crippen molar-refractivity contribution in [1.82, 2.24) is 0 Å². The van der Waals surface area contributed by atoms with Gasteiger partial charge in [-0.15, -0.1) is 0 Å². The van der Waals surface area contributed by atoms with Crippen LogP contribution >= 0.6 is 0 Å². The summed E-state index contributed by atoms with van der Waals surface area (Å²) >= 11 is 0. The van der Waals surface area contributed by atoms with Crippen molar-refractivity contribution in [3.05, 3.63) is 41.5 Å². The highest BCUT2D eigenvalue weighted by Gasteiger charge is 2.21. The van der Waals surface area contributed by atoms with Crippen LogP contribution in [-0.2, 0) is 4.79 Å². The normalized spacial score (nSPS) is 20.9.